The van der Waals surface area contributed by atoms with Crippen LogP contribution in [0.5, 0.6) is 6.01 Å². The van der Waals surface area contributed by atoms with E-state index in [1.165, 1.54) is 0 Å². The lowest BCUT2D eigenvalue weighted by molar-refractivity contribution is 0.192. The lowest BCUT2D eigenvalue weighted by atomic mass is 10.2. The van der Waals surface area contributed by atoms with Crippen molar-refractivity contribution >= 4 is 17.4 Å². The van der Waals surface area contributed by atoms with Crippen LogP contribution >= 0.6 is 0 Å². The Morgan fingerprint density at radius 1 is 1.42 bits per heavy atom. The molecule has 1 rings (SSSR count). The standard InChI is InChI=1S/C13H22N4O2/c1-6-7-8(2)19-13-15-9(3)11(12(14)17-13)16-10(4)18-5/h8H,6-7H2,1-5H3,(H2,14,15,17)/b16-10+/t8-/m0/s1. The molecular weight excluding hydrogens is 244 g/mol. The topological polar surface area (TPSA) is 82.6 Å². The zero-order chi connectivity index (χ0) is 14.4. The number of nitrogens with zero attached hydrogens (tertiary/aromatic N) is 3. The fraction of sp³-hybridized carbons (Fsp3) is 0.615. The van der Waals surface area contributed by atoms with E-state index >= 15 is 0 Å². The van der Waals surface area contributed by atoms with Gasteiger partial charge in [-0.2, -0.15) is 9.97 Å². The van der Waals surface area contributed by atoms with Crippen LogP contribution in [0.1, 0.15) is 39.3 Å². The summed E-state index contributed by atoms with van der Waals surface area (Å²) in [5.41, 5.74) is 7.07. The number of anilines is 1. The first-order valence-electron chi connectivity index (χ1n) is 6.38. The van der Waals surface area contributed by atoms with Gasteiger partial charge in [-0.05, 0) is 20.3 Å². The van der Waals surface area contributed by atoms with Gasteiger partial charge < -0.3 is 15.2 Å². The van der Waals surface area contributed by atoms with E-state index in [1.807, 2.05) is 13.8 Å². The number of hydrogen-bond donors (Lipinski definition) is 1. The minimum Gasteiger partial charge on any atom is -0.484 e. The summed E-state index contributed by atoms with van der Waals surface area (Å²) in [6, 6.07) is 0.296. The molecule has 1 aromatic rings. The van der Waals surface area contributed by atoms with Crippen molar-refractivity contribution in [2.24, 2.45) is 4.99 Å². The van der Waals surface area contributed by atoms with E-state index in [2.05, 4.69) is 21.9 Å². The number of methoxy groups -OCH3 is 1. The molecule has 19 heavy (non-hydrogen) atoms. The summed E-state index contributed by atoms with van der Waals surface area (Å²) < 4.78 is 10.6. The summed E-state index contributed by atoms with van der Waals surface area (Å²) in [6.45, 7) is 7.65. The number of nitrogens with two attached hydrogens (primary N) is 1. The molecule has 0 spiro atoms. The van der Waals surface area contributed by atoms with E-state index in [0.717, 1.165) is 12.8 Å². The SMILES string of the molecule is CCC[C@H](C)Oc1nc(C)c(/N=C(\C)OC)c(N)n1. The van der Waals surface area contributed by atoms with Crippen molar-refractivity contribution in [3.63, 3.8) is 0 Å². The summed E-state index contributed by atoms with van der Waals surface area (Å²) >= 11 is 0. The van der Waals surface area contributed by atoms with Gasteiger partial charge in [-0.15, -0.1) is 0 Å². The van der Waals surface area contributed by atoms with Crippen molar-refractivity contribution in [1.82, 2.24) is 9.97 Å². The third-order valence-corrected chi connectivity index (χ3v) is 2.63. The smallest absolute Gasteiger partial charge is 0.318 e. The van der Waals surface area contributed by atoms with Crippen molar-refractivity contribution < 1.29 is 9.47 Å². The molecule has 1 heterocycles. The molecule has 0 fully saturated rings. The second-order valence-corrected chi connectivity index (χ2v) is 4.38. The molecule has 0 bridgehead atoms. The van der Waals surface area contributed by atoms with Gasteiger partial charge in [0.15, 0.2) is 11.7 Å². The number of ether oxygens (including phenoxy) is 2. The van der Waals surface area contributed by atoms with Gasteiger partial charge in [0.2, 0.25) is 0 Å². The van der Waals surface area contributed by atoms with Gasteiger partial charge in [0.25, 0.3) is 0 Å². The van der Waals surface area contributed by atoms with E-state index in [1.54, 1.807) is 14.0 Å². The van der Waals surface area contributed by atoms with Gasteiger partial charge in [0.1, 0.15) is 5.69 Å². The molecule has 0 unspecified atom stereocenters. The highest BCUT2D eigenvalue weighted by atomic mass is 16.5. The minimum atomic E-state index is 0.0684. The molecule has 0 aliphatic carbocycles. The summed E-state index contributed by atoms with van der Waals surface area (Å²) in [5.74, 6) is 0.800. The molecule has 0 aromatic carbocycles. The van der Waals surface area contributed by atoms with E-state index in [-0.39, 0.29) is 6.10 Å². The molecule has 1 aromatic heterocycles. The van der Waals surface area contributed by atoms with Crippen LogP contribution in [0.15, 0.2) is 4.99 Å². The maximum Gasteiger partial charge on any atom is 0.318 e. The molecule has 1 atom stereocenters. The number of aliphatic imine (C=N–C) groups is 1. The monoisotopic (exact) mass is 266 g/mol. The van der Waals surface area contributed by atoms with Gasteiger partial charge in [0.05, 0.1) is 18.9 Å². The molecule has 6 nitrogen and oxygen atoms in total. The highest BCUT2D eigenvalue weighted by molar-refractivity contribution is 5.79. The van der Waals surface area contributed by atoms with Crippen molar-refractivity contribution in [3.05, 3.63) is 5.69 Å². The molecule has 0 amide bonds. The first kappa shape index (κ1) is 15.2. The minimum absolute atomic E-state index is 0.0684. The average Bonchev–Trinajstić information content (AvgIpc) is 2.33. The van der Waals surface area contributed by atoms with Crippen LogP contribution in [0.2, 0.25) is 0 Å². The van der Waals surface area contributed by atoms with Gasteiger partial charge >= 0.3 is 6.01 Å². The van der Waals surface area contributed by atoms with Crippen molar-refractivity contribution in [1.29, 1.82) is 0 Å². The van der Waals surface area contributed by atoms with Gasteiger partial charge in [0, 0.05) is 6.92 Å². The first-order valence-corrected chi connectivity index (χ1v) is 6.38. The lowest BCUT2D eigenvalue weighted by Gasteiger charge is -2.13. The third-order valence-electron chi connectivity index (χ3n) is 2.63. The van der Waals surface area contributed by atoms with Gasteiger partial charge in [-0.3, -0.25) is 0 Å². The summed E-state index contributed by atoms with van der Waals surface area (Å²) in [7, 11) is 1.55. The van der Waals surface area contributed by atoms with E-state index in [9.17, 15) is 0 Å². The number of hydrogen-bond acceptors (Lipinski definition) is 6. The van der Waals surface area contributed by atoms with Gasteiger partial charge in [-0.1, -0.05) is 13.3 Å². The second kappa shape index (κ2) is 6.92. The normalized spacial score (nSPS) is 13.2. The Kier molecular flexibility index (Phi) is 5.54. The highest BCUT2D eigenvalue weighted by Crippen LogP contribution is 2.26. The largest absolute Gasteiger partial charge is 0.484 e. The average molecular weight is 266 g/mol. The maximum absolute atomic E-state index is 5.88. The number of aromatic nitrogens is 2. The Balaban J connectivity index is 2.97. The summed E-state index contributed by atoms with van der Waals surface area (Å²) in [6.07, 6.45) is 2.06. The zero-order valence-electron chi connectivity index (χ0n) is 12.2. The summed E-state index contributed by atoms with van der Waals surface area (Å²) in [4.78, 5) is 12.6. The molecule has 0 aliphatic heterocycles. The Bertz CT molecular complexity index is 437. The number of nitrogen functional groups attached to an aromatic ring is 1. The van der Waals surface area contributed by atoms with Crippen LogP contribution in [0.25, 0.3) is 0 Å². The first-order chi connectivity index (χ1) is 8.97. The van der Waals surface area contributed by atoms with Crippen LogP contribution in [0.3, 0.4) is 0 Å². The van der Waals surface area contributed by atoms with Gasteiger partial charge in [-0.25, -0.2) is 4.99 Å². The number of rotatable bonds is 5. The van der Waals surface area contributed by atoms with Crippen LogP contribution < -0.4 is 10.5 Å². The lowest BCUT2D eigenvalue weighted by Crippen LogP contribution is -2.14. The molecule has 0 saturated heterocycles. The fourth-order valence-corrected chi connectivity index (χ4v) is 1.60. The molecule has 0 saturated carbocycles. The predicted octanol–water partition coefficient (Wildman–Crippen LogP) is 2.63. The van der Waals surface area contributed by atoms with E-state index in [0.29, 0.717) is 29.1 Å². The fourth-order valence-electron chi connectivity index (χ4n) is 1.60. The molecule has 106 valence electrons. The number of aryl methyl sites for hydroxylation is 1. The van der Waals surface area contributed by atoms with Crippen LogP contribution in [0.4, 0.5) is 11.5 Å². The Hall–Kier alpha value is -1.85. The second-order valence-electron chi connectivity index (χ2n) is 4.38. The molecule has 0 aliphatic rings. The van der Waals surface area contributed by atoms with Crippen molar-refractivity contribution in [3.8, 4) is 6.01 Å². The van der Waals surface area contributed by atoms with E-state index < -0.39 is 0 Å². The van der Waals surface area contributed by atoms with E-state index in [4.69, 9.17) is 15.2 Å². The van der Waals surface area contributed by atoms with Crippen LogP contribution in [-0.2, 0) is 4.74 Å². The Morgan fingerprint density at radius 3 is 2.63 bits per heavy atom. The predicted molar refractivity (Wildman–Crippen MR) is 76.0 cm³/mol. The molecule has 2 N–H and O–H groups in total. The van der Waals surface area contributed by atoms with Crippen molar-refractivity contribution in [2.45, 2.75) is 46.6 Å². The Labute approximate surface area is 114 Å². The van der Waals surface area contributed by atoms with Crippen molar-refractivity contribution in [2.75, 3.05) is 12.8 Å². The molecule has 6 heteroatoms. The Morgan fingerprint density at radius 2 is 2.11 bits per heavy atom. The quantitative estimate of drug-likeness (QED) is 0.654. The summed E-state index contributed by atoms with van der Waals surface area (Å²) in [5, 5.41) is 0. The molecular formula is C13H22N4O2. The van der Waals surface area contributed by atoms with Crippen LogP contribution in [-0.4, -0.2) is 29.1 Å². The highest BCUT2D eigenvalue weighted by Gasteiger charge is 2.12. The van der Waals surface area contributed by atoms with Crippen LogP contribution in [0, 0.1) is 6.92 Å². The maximum atomic E-state index is 5.88. The molecule has 0 radical (unpaired) electrons. The zero-order valence-corrected chi connectivity index (χ0v) is 12.2. The third kappa shape index (κ3) is 4.39.